The second-order valence-electron chi connectivity index (χ2n) is 4.47. The van der Waals surface area contributed by atoms with E-state index in [4.69, 9.17) is 0 Å². The summed E-state index contributed by atoms with van der Waals surface area (Å²) in [5, 5.41) is 1.06. The maximum atomic E-state index is 12.3. The third-order valence-corrected chi connectivity index (χ3v) is 3.13. The van der Waals surface area contributed by atoms with Crippen LogP contribution in [-0.4, -0.2) is 10.8 Å². The van der Waals surface area contributed by atoms with Crippen molar-refractivity contribution in [2.24, 2.45) is 0 Å². The number of hydrogen-bond acceptors (Lipinski definition) is 1. The maximum absolute atomic E-state index is 12.3. The minimum absolute atomic E-state index is 0.0677. The quantitative estimate of drug-likeness (QED) is 0.675. The molecule has 1 heterocycles. The molecule has 1 N–H and O–H groups in total. The summed E-state index contributed by atoms with van der Waals surface area (Å²) < 4.78 is 0. The van der Waals surface area contributed by atoms with Crippen LogP contribution in [0.3, 0.4) is 0 Å². The largest absolute Gasteiger partial charge is 0.361 e. The van der Waals surface area contributed by atoms with E-state index >= 15 is 0 Å². The summed E-state index contributed by atoms with van der Waals surface area (Å²) in [6.45, 7) is 2.01. The first-order valence-electron chi connectivity index (χ1n) is 5.92. The molecule has 0 unspecified atom stereocenters. The number of aromatic nitrogens is 1. The lowest BCUT2D eigenvalue weighted by atomic mass is 10.0. The van der Waals surface area contributed by atoms with Crippen molar-refractivity contribution in [1.82, 2.24) is 4.98 Å². The fraction of sp³-hybridized carbons (Fsp3) is 0.0625. The molecule has 0 fully saturated rings. The van der Waals surface area contributed by atoms with Crippen molar-refractivity contribution in [2.75, 3.05) is 0 Å². The molecule has 0 radical (unpaired) electrons. The number of benzene rings is 2. The Morgan fingerprint density at radius 1 is 0.944 bits per heavy atom. The summed E-state index contributed by atoms with van der Waals surface area (Å²) >= 11 is 0. The average molecular weight is 235 g/mol. The van der Waals surface area contributed by atoms with Gasteiger partial charge < -0.3 is 4.98 Å². The van der Waals surface area contributed by atoms with Gasteiger partial charge in [0, 0.05) is 28.2 Å². The Hall–Kier alpha value is -2.35. The number of nitrogens with one attached hydrogen (secondary N) is 1. The maximum Gasteiger partial charge on any atom is 0.193 e. The van der Waals surface area contributed by atoms with E-state index < -0.39 is 0 Å². The molecule has 18 heavy (non-hydrogen) atoms. The molecule has 0 aliphatic carbocycles. The van der Waals surface area contributed by atoms with Gasteiger partial charge in [-0.15, -0.1) is 0 Å². The van der Waals surface area contributed by atoms with E-state index in [1.807, 2.05) is 61.7 Å². The number of rotatable bonds is 2. The predicted octanol–water partition coefficient (Wildman–Crippen LogP) is 3.71. The van der Waals surface area contributed by atoms with Crippen LogP contribution < -0.4 is 0 Å². The van der Waals surface area contributed by atoms with Gasteiger partial charge in [0.25, 0.3) is 0 Å². The van der Waals surface area contributed by atoms with Gasteiger partial charge in [-0.25, -0.2) is 0 Å². The zero-order chi connectivity index (χ0) is 12.5. The number of carbonyl (C=O) groups excluding carboxylic acids is 1. The van der Waals surface area contributed by atoms with Crippen molar-refractivity contribution in [1.29, 1.82) is 0 Å². The third-order valence-electron chi connectivity index (χ3n) is 3.13. The molecule has 0 aliphatic rings. The highest BCUT2D eigenvalue weighted by Crippen LogP contribution is 2.17. The third kappa shape index (κ3) is 1.82. The van der Waals surface area contributed by atoms with Crippen LogP contribution in [-0.2, 0) is 0 Å². The van der Waals surface area contributed by atoms with Crippen LogP contribution >= 0.6 is 0 Å². The van der Waals surface area contributed by atoms with Crippen LogP contribution in [0.2, 0.25) is 0 Å². The Morgan fingerprint density at radius 3 is 2.44 bits per heavy atom. The van der Waals surface area contributed by atoms with E-state index in [0.29, 0.717) is 0 Å². The molecule has 0 saturated heterocycles. The zero-order valence-electron chi connectivity index (χ0n) is 10.1. The summed E-state index contributed by atoms with van der Waals surface area (Å²) in [5.41, 5.74) is 3.67. The van der Waals surface area contributed by atoms with Crippen molar-refractivity contribution < 1.29 is 4.79 Å². The van der Waals surface area contributed by atoms with Crippen LogP contribution in [0.4, 0.5) is 0 Å². The number of carbonyl (C=O) groups is 1. The Balaban J connectivity index is 2.03. The number of aromatic amines is 1. The molecule has 1 aromatic heterocycles. The predicted molar refractivity (Wildman–Crippen MR) is 72.9 cm³/mol. The van der Waals surface area contributed by atoms with E-state index in [9.17, 15) is 4.79 Å². The summed E-state index contributed by atoms with van der Waals surface area (Å²) in [6.07, 6.45) is 1.88. The molecule has 2 nitrogen and oxygen atoms in total. The first kappa shape index (κ1) is 10.8. The van der Waals surface area contributed by atoms with Gasteiger partial charge in [-0.1, -0.05) is 29.8 Å². The van der Waals surface area contributed by atoms with Crippen LogP contribution in [0.1, 0.15) is 21.5 Å². The van der Waals surface area contributed by atoms with Crippen LogP contribution in [0.15, 0.2) is 54.7 Å². The molecule has 3 aromatic rings. The fourth-order valence-corrected chi connectivity index (χ4v) is 2.07. The second kappa shape index (κ2) is 4.15. The molecule has 0 atom stereocenters. The van der Waals surface area contributed by atoms with Gasteiger partial charge in [-0.05, 0) is 31.2 Å². The molecule has 0 bridgehead atoms. The minimum atomic E-state index is 0.0677. The SMILES string of the molecule is Cc1ccc(C(=O)c2ccc3[nH]ccc3c2)cc1. The van der Waals surface area contributed by atoms with Gasteiger partial charge in [0.1, 0.15) is 0 Å². The zero-order valence-corrected chi connectivity index (χ0v) is 10.1. The lowest BCUT2D eigenvalue weighted by Gasteiger charge is -2.02. The molecule has 0 spiro atoms. The standard InChI is InChI=1S/C16H13NO/c1-11-2-4-12(5-3-11)16(18)14-6-7-15-13(10-14)8-9-17-15/h2-10,17H,1H3. The minimum Gasteiger partial charge on any atom is -0.361 e. The first-order valence-corrected chi connectivity index (χ1v) is 5.92. The summed E-state index contributed by atoms with van der Waals surface area (Å²) in [5.74, 6) is 0.0677. The highest BCUT2D eigenvalue weighted by molar-refractivity contribution is 6.10. The number of ketones is 1. The normalized spacial score (nSPS) is 10.7. The molecule has 88 valence electrons. The molecule has 0 saturated carbocycles. The van der Waals surface area contributed by atoms with Crippen LogP contribution in [0.5, 0.6) is 0 Å². The van der Waals surface area contributed by atoms with Gasteiger partial charge in [0.15, 0.2) is 5.78 Å². The van der Waals surface area contributed by atoms with Crippen molar-refractivity contribution in [3.05, 3.63) is 71.4 Å². The van der Waals surface area contributed by atoms with Gasteiger partial charge in [-0.3, -0.25) is 4.79 Å². The van der Waals surface area contributed by atoms with Crippen molar-refractivity contribution in [3.8, 4) is 0 Å². The van der Waals surface area contributed by atoms with Crippen LogP contribution in [0.25, 0.3) is 10.9 Å². The van der Waals surface area contributed by atoms with E-state index in [2.05, 4.69) is 4.98 Å². The van der Waals surface area contributed by atoms with Crippen LogP contribution in [0, 0.1) is 6.92 Å². The van der Waals surface area contributed by atoms with E-state index in [0.717, 1.165) is 27.6 Å². The monoisotopic (exact) mass is 235 g/mol. The molecular weight excluding hydrogens is 222 g/mol. The molecule has 0 amide bonds. The number of aryl methyl sites for hydroxylation is 1. The van der Waals surface area contributed by atoms with E-state index in [1.54, 1.807) is 0 Å². The lowest BCUT2D eigenvalue weighted by molar-refractivity contribution is 0.103. The average Bonchev–Trinajstić information content (AvgIpc) is 2.86. The summed E-state index contributed by atoms with van der Waals surface area (Å²) in [4.78, 5) is 15.4. The molecule has 0 aliphatic heterocycles. The van der Waals surface area contributed by atoms with Gasteiger partial charge in [0.05, 0.1) is 0 Å². The van der Waals surface area contributed by atoms with Crippen molar-refractivity contribution >= 4 is 16.7 Å². The summed E-state index contributed by atoms with van der Waals surface area (Å²) in [7, 11) is 0. The highest BCUT2D eigenvalue weighted by atomic mass is 16.1. The Labute approximate surface area is 105 Å². The number of hydrogen-bond donors (Lipinski definition) is 1. The molecule has 3 rings (SSSR count). The van der Waals surface area contributed by atoms with Crippen molar-refractivity contribution in [3.63, 3.8) is 0 Å². The highest BCUT2D eigenvalue weighted by Gasteiger charge is 2.09. The first-order chi connectivity index (χ1) is 8.74. The van der Waals surface area contributed by atoms with E-state index in [1.165, 1.54) is 0 Å². The summed E-state index contributed by atoms with van der Waals surface area (Å²) in [6, 6.07) is 15.4. The topological polar surface area (TPSA) is 32.9 Å². The lowest BCUT2D eigenvalue weighted by Crippen LogP contribution is -2.00. The molecule has 2 aromatic carbocycles. The smallest absolute Gasteiger partial charge is 0.193 e. The Morgan fingerprint density at radius 2 is 1.67 bits per heavy atom. The fourth-order valence-electron chi connectivity index (χ4n) is 2.07. The molecular formula is C16H13NO. The Kier molecular flexibility index (Phi) is 2.49. The van der Waals surface area contributed by atoms with E-state index in [-0.39, 0.29) is 5.78 Å². The molecule has 2 heteroatoms. The van der Waals surface area contributed by atoms with Gasteiger partial charge in [-0.2, -0.15) is 0 Å². The van der Waals surface area contributed by atoms with Gasteiger partial charge >= 0.3 is 0 Å². The number of H-pyrrole nitrogens is 1. The second-order valence-corrected chi connectivity index (χ2v) is 4.47. The Bertz CT molecular complexity index is 707. The van der Waals surface area contributed by atoms with Crippen molar-refractivity contribution in [2.45, 2.75) is 6.92 Å². The van der Waals surface area contributed by atoms with Gasteiger partial charge in [0.2, 0.25) is 0 Å². The number of fused-ring (bicyclic) bond motifs is 1.